The molecule has 0 saturated heterocycles. The van der Waals surface area contributed by atoms with Gasteiger partial charge < -0.3 is 20.9 Å². The van der Waals surface area contributed by atoms with Crippen LogP contribution in [0.1, 0.15) is 27.9 Å². The van der Waals surface area contributed by atoms with E-state index in [1.54, 1.807) is 48.6 Å². The molecule has 0 fully saturated rings. The summed E-state index contributed by atoms with van der Waals surface area (Å²) in [5.74, 6) is -0.404. The third-order valence-electron chi connectivity index (χ3n) is 4.85. The van der Waals surface area contributed by atoms with E-state index in [0.717, 1.165) is 11.1 Å². The zero-order valence-electron chi connectivity index (χ0n) is 18.5. The molecule has 0 aliphatic rings. The van der Waals surface area contributed by atoms with Gasteiger partial charge in [-0.25, -0.2) is 4.79 Å². The normalized spacial score (nSPS) is 10.2. The van der Waals surface area contributed by atoms with Crippen LogP contribution in [-0.2, 0) is 17.9 Å². The summed E-state index contributed by atoms with van der Waals surface area (Å²) < 4.78 is 0. The first-order chi connectivity index (χ1) is 16.0. The summed E-state index contributed by atoms with van der Waals surface area (Å²) in [6.07, 6.45) is 3.29. The number of nitrogens with zero attached hydrogens (tertiary/aromatic N) is 2. The van der Waals surface area contributed by atoms with Crippen molar-refractivity contribution in [3.8, 4) is 0 Å². The maximum Gasteiger partial charge on any atom is 0.317 e. The van der Waals surface area contributed by atoms with Crippen LogP contribution in [0.5, 0.6) is 0 Å². The van der Waals surface area contributed by atoms with Crippen molar-refractivity contribution in [2.45, 2.75) is 19.5 Å². The molecule has 0 saturated carbocycles. The topological polar surface area (TPSA) is 103 Å². The first-order valence-electron chi connectivity index (χ1n) is 10.6. The van der Waals surface area contributed by atoms with Gasteiger partial charge in [-0.1, -0.05) is 42.5 Å². The summed E-state index contributed by atoms with van der Waals surface area (Å²) >= 11 is 0. The molecule has 2 aromatic carbocycles. The highest BCUT2D eigenvalue weighted by molar-refractivity contribution is 6.04. The number of amides is 4. The van der Waals surface area contributed by atoms with Crippen LogP contribution in [-0.4, -0.2) is 41.3 Å². The van der Waals surface area contributed by atoms with Crippen molar-refractivity contribution in [1.82, 2.24) is 20.5 Å². The summed E-state index contributed by atoms with van der Waals surface area (Å²) in [6, 6.07) is 20.0. The summed E-state index contributed by atoms with van der Waals surface area (Å²) in [5.41, 5.74) is 3.03. The molecule has 3 rings (SSSR count). The molecule has 170 valence electrons. The van der Waals surface area contributed by atoms with Gasteiger partial charge in [0, 0.05) is 56.7 Å². The molecule has 0 radical (unpaired) electrons. The predicted molar refractivity (Wildman–Crippen MR) is 126 cm³/mol. The molecular formula is C25H27N5O3. The molecule has 0 aliphatic heterocycles. The second kappa shape index (κ2) is 12.0. The number of hydrogen-bond acceptors (Lipinski definition) is 4. The fourth-order valence-corrected chi connectivity index (χ4v) is 3.10. The number of pyridine rings is 1. The molecule has 3 N–H and O–H groups in total. The monoisotopic (exact) mass is 445 g/mol. The number of urea groups is 1. The Hall–Kier alpha value is -4.20. The van der Waals surface area contributed by atoms with Crippen LogP contribution in [0.15, 0.2) is 79.1 Å². The lowest BCUT2D eigenvalue weighted by molar-refractivity contribution is -0.121. The van der Waals surface area contributed by atoms with Gasteiger partial charge in [-0.3, -0.25) is 14.6 Å². The van der Waals surface area contributed by atoms with E-state index in [1.165, 1.54) is 0 Å². The minimum atomic E-state index is -0.232. The third kappa shape index (κ3) is 7.77. The Bertz CT molecular complexity index is 1070. The highest BCUT2D eigenvalue weighted by atomic mass is 16.2. The van der Waals surface area contributed by atoms with Crippen molar-refractivity contribution in [1.29, 1.82) is 0 Å². The van der Waals surface area contributed by atoms with Crippen molar-refractivity contribution in [2.24, 2.45) is 0 Å². The standard InChI is InChI=1S/C25H27N5O3/c1-30(18-19-6-3-2-4-7-19)25(33)27-15-12-23(31)28-17-20-8-5-9-22(16-20)29-24(32)21-10-13-26-14-11-21/h2-11,13-14,16H,12,15,17-18H2,1H3,(H,27,33)(H,28,31)(H,29,32). The van der Waals surface area contributed by atoms with Crippen LogP contribution in [0, 0.1) is 0 Å². The van der Waals surface area contributed by atoms with Crippen LogP contribution >= 0.6 is 0 Å². The fraction of sp³-hybridized carbons (Fsp3) is 0.200. The second-order valence-electron chi connectivity index (χ2n) is 7.49. The van der Waals surface area contributed by atoms with E-state index in [-0.39, 0.29) is 30.8 Å². The smallest absolute Gasteiger partial charge is 0.317 e. The molecule has 0 unspecified atom stereocenters. The molecular weight excluding hydrogens is 418 g/mol. The van der Waals surface area contributed by atoms with Crippen molar-refractivity contribution in [2.75, 3.05) is 18.9 Å². The van der Waals surface area contributed by atoms with Crippen LogP contribution in [0.4, 0.5) is 10.5 Å². The number of hydrogen-bond donors (Lipinski definition) is 3. The third-order valence-corrected chi connectivity index (χ3v) is 4.85. The summed E-state index contributed by atoms with van der Waals surface area (Å²) in [4.78, 5) is 42.1. The molecule has 8 nitrogen and oxygen atoms in total. The molecule has 0 bridgehead atoms. The van der Waals surface area contributed by atoms with Crippen LogP contribution in [0.2, 0.25) is 0 Å². The molecule has 3 aromatic rings. The molecule has 1 heterocycles. The number of rotatable bonds is 9. The van der Waals surface area contributed by atoms with Crippen molar-refractivity contribution in [3.63, 3.8) is 0 Å². The van der Waals surface area contributed by atoms with Gasteiger partial charge >= 0.3 is 6.03 Å². The number of carbonyl (C=O) groups excluding carboxylic acids is 3. The van der Waals surface area contributed by atoms with E-state index >= 15 is 0 Å². The number of carbonyl (C=O) groups is 3. The minimum absolute atomic E-state index is 0.170. The summed E-state index contributed by atoms with van der Waals surface area (Å²) in [5, 5.41) is 8.41. The lowest BCUT2D eigenvalue weighted by Crippen LogP contribution is -2.38. The van der Waals surface area contributed by atoms with E-state index in [2.05, 4.69) is 20.9 Å². The van der Waals surface area contributed by atoms with Gasteiger partial charge in [0.05, 0.1) is 0 Å². The van der Waals surface area contributed by atoms with Gasteiger partial charge in [0.1, 0.15) is 0 Å². The van der Waals surface area contributed by atoms with E-state index in [9.17, 15) is 14.4 Å². The lowest BCUT2D eigenvalue weighted by atomic mass is 10.2. The minimum Gasteiger partial charge on any atom is -0.352 e. The maximum absolute atomic E-state index is 12.3. The number of nitrogens with one attached hydrogen (secondary N) is 3. The fourth-order valence-electron chi connectivity index (χ4n) is 3.10. The molecule has 33 heavy (non-hydrogen) atoms. The Labute approximate surface area is 193 Å². The van der Waals surface area contributed by atoms with Gasteiger partial charge in [-0.2, -0.15) is 0 Å². The Kier molecular flexibility index (Phi) is 8.53. The molecule has 0 atom stereocenters. The largest absolute Gasteiger partial charge is 0.352 e. The summed E-state index contributed by atoms with van der Waals surface area (Å²) in [7, 11) is 1.71. The SMILES string of the molecule is CN(Cc1ccccc1)C(=O)NCCC(=O)NCc1cccc(NC(=O)c2ccncc2)c1. The van der Waals surface area contributed by atoms with E-state index < -0.39 is 0 Å². The second-order valence-corrected chi connectivity index (χ2v) is 7.49. The van der Waals surface area contributed by atoms with Crippen LogP contribution < -0.4 is 16.0 Å². The summed E-state index contributed by atoms with van der Waals surface area (Å²) in [6.45, 7) is 1.05. The van der Waals surface area contributed by atoms with E-state index in [4.69, 9.17) is 0 Å². The van der Waals surface area contributed by atoms with Crippen LogP contribution in [0.3, 0.4) is 0 Å². The molecule has 1 aromatic heterocycles. The average Bonchev–Trinajstić information content (AvgIpc) is 2.84. The Morgan fingerprint density at radius 2 is 1.61 bits per heavy atom. The van der Waals surface area contributed by atoms with Crippen molar-refractivity contribution < 1.29 is 14.4 Å². The number of aromatic nitrogens is 1. The van der Waals surface area contributed by atoms with Crippen molar-refractivity contribution >= 4 is 23.5 Å². The Balaban J connectivity index is 1.38. The van der Waals surface area contributed by atoms with Gasteiger partial charge in [-0.05, 0) is 35.4 Å². The molecule has 8 heteroatoms. The zero-order chi connectivity index (χ0) is 23.5. The highest BCUT2D eigenvalue weighted by Gasteiger charge is 2.10. The number of anilines is 1. The van der Waals surface area contributed by atoms with Gasteiger partial charge in [0.25, 0.3) is 5.91 Å². The molecule has 0 aliphatic carbocycles. The molecule has 4 amide bonds. The zero-order valence-corrected chi connectivity index (χ0v) is 18.5. The number of benzene rings is 2. The molecule has 0 spiro atoms. The van der Waals surface area contributed by atoms with Gasteiger partial charge in [0.15, 0.2) is 0 Å². The van der Waals surface area contributed by atoms with Crippen LogP contribution in [0.25, 0.3) is 0 Å². The van der Waals surface area contributed by atoms with Gasteiger partial charge in [0.2, 0.25) is 5.91 Å². The first kappa shape index (κ1) is 23.5. The van der Waals surface area contributed by atoms with Gasteiger partial charge in [-0.15, -0.1) is 0 Å². The van der Waals surface area contributed by atoms with E-state index in [1.807, 2.05) is 42.5 Å². The lowest BCUT2D eigenvalue weighted by Gasteiger charge is -2.18. The van der Waals surface area contributed by atoms with Crippen molar-refractivity contribution in [3.05, 3.63) is 95.8 Å². The Morgan fingerprint density at radius 1 is 0.879 bits per heavy atom. The first-order valence-corrected chi connectivity index (χ1v) is 10.6. The highest BCUT2D eigenvalue weighted by Crippen LogP contribution is 2.12. The maximum atomic E-state index is 12.3. The quantitative estimate of drug-likeness (QED) is 0.471. The predicted octanol–water partition coefficient (Wildman–Crippen LogP) is 3.18. The Morgan fingerprint density at radius 3 is 2.36 bits per heavy atom. The van der Waals surface area contributed by atoms with E-state index in [0.29, 0.717) is 24.3 Å². The average molecular weight is 446 g/mol.